The number of unbranched alkanes of at least 4 members (excludes halogenated alkanes) is 1. The van der Waals surface area contributed by atoms with E-state index in [0.717, 1.165) is 36.5 Å². The van der Waals surface area contributed by atoms with Crippen molar-refractivity contribution in [2.24, 2.45) is 0 Å². The van der Waals surface area contributed by atoms with Crippen molar-refractivity contribution in [3.05, 3.63) is 29.5 Å². The van der Waals surface area contributed by atoms with Crippen LogP contribution < -0.4 is 0 Å². The lowest BCUT2D eigenvalue weighted by molar-refractivity contribution is 0.246. The fraction of sp³-hybridized carbons (Fsp3) is 0.500. The zero-order valence-corrected chi connectivity index (χ0v) is 9.66. The Hall–Kier alpha value is -1.38. The molecular weight excluding hydrogens is 188 g/mol. The van der Waals surface area contributed by atoms with E-state index in [1.54, 1.807) is 6.26 Å². The number of ether oxygens (including phenoxy) is 1. The Bertz CT molecular complexity index is 334. The van der Waals surface area contributed by atoms with Gasteiger partial charge in [0.25, 0.3) is 0 Å². The van der Waals surface area contributed by atoms with Crippen LogP contribution in [0.5, 0.6) is 0 Å². The molecule has 0 saturated carbocycles. The minimum Gasteiger partial charge on any atom is -0.501 e. The lowest BCUT2D eigenvalue weighted by Crippen LogP contribution is -1.93. The summed E-state index contributed by atoms with van der Waals surface area (Å²) in [6.07, 6.45) is 7.67. The van der Waals surface area contributed by atoms with Crippen LogP contribution in [-0.2, 0) is 4.74 Å². The first-order chi connectivity index (χ1) is 7.24. The van der Waals surface area contributed by atoms with Crippen LogP contribution in [0.15, 0.2) is 12.5 Å². The average molecular weight is 206 g/mol. The highest BCUT2D eigenvalue weighted by atomic mass is 16.5. The van der Waals surface area contributed by atoms with E-state index < -0.39 is 0 Å². The summed E-state index contributed by atoms with van der Waals surface area (Å²) >= 11 is 0. The van der Waals surface area contributed by atoms with Crippen molar-refractivity contribution < 1.29 is 4.74 Å². The molecule has 3 nitrogen and oxygen atoms in total. The Balaban J connectivity index is 2.52. The molecule has 1 aromatic rings. The van der Waals surface area contributed by atoms with Crippen LogP contribution in [0.1, 0.15) is 36.8 Å². The molecule has 15 heavy (non-hydrogen) atoms. The van der Waals surface area contributed by atoms with E-state index in [-0.39, 0.29) is 0 Å². The fourth-order valence-electron chi connectivity index (χ4n) is 1.12. The van der Waals surface area contributed by atoms with Gasteiger partial charge in [0, 0.05) is 6.20 Å². The van der Waals surface area contributed by atoms with E-state index in [0.29, 0.717) is 0 Å². The van der Waals surface area contributed by atoms with Crippen LogP contribution in [0, 0.1) is 13.8 Å². The third kappa shape index (κ3) is 4.11. The summed E-state index contributed by atoms with van der Waals surface area (Å²) < 4.78 is 5.33. The number of hydrogen-bond acceptors (Lipinski definition) is 3. The van der Waals surface area contributed by atoms with Gasteiger partial charge in [-0.3, -0.25) is 0 Å². The lowest BCUT2D eigenvalue weighted by Gasteiger charge is -2.01. The van der Waals surface area contributed by atoms with Crippen molar-refractivity contribution in [3.63, 3.8) is 0 Å². The fourth-order valence-corrected chi connectivity index (χ4v) is 1.12. The molecule has 0 aliphatic heterocycles. The van der Waals surface area contributed by atoms with E-state index in [9.17, 15) is 0 Å². The first kappa shape index (κ1) is 11.7. The SMILES string of the molecule is CCCCO/C=C\c1nc(C)ncc1C. The summed E-state index contributed by atoms with van der Waals surface area (Å²) in [7, 11) is 0. The molecule has 0 unspecified atom stereocenters. The smallest absolute Gasteiger partial charge is 0.125 e. The van der Waals surface area contributed by atoms with E-state index in [4.69, 9.17) is 4.74 Å². The normalized spacial score (nSPS) is 10.9. The molecule has 0 bridgehead atoms. The summed E-state index contributed by atoms with van der Waals surface area (Å²) in [4.78, 5) is 8.42. The van der Waals surface area contributed by atoms with Crippen LogP contribution in [0.3, 0.4) is 0 Å². The Labute approximate surface area is 91.2 Å². The largest absolute Gasteiger partial charge is 0.501 e. The standard InChI is InChI=1S/C12H18N2O/c1-4-5-7-15-8-6-12-10(2)9-13-11(3)14-12/h6,8-9H,4-5,7H2,1-3H3/b8-6-. The third-order valence-electron chi connectivity index (χ3n) is 2.07. The van der Waals surface area contributed by atoms with Gasteiger partial charge in [0.1, 0.15) is 5.82 Å². The monoisotopic (exact) mass is 206 g/mol. The Morgan fingerprint density at radius 2 is 2.20 bits per heavy atom. The molecule has 0 atom stereocenters. The minimum atomic E-state index is 0.774. The second-order valence-electron chi connectivity index (χ2n) is 3.51. The molecule has 0 aliphatic carbocycles. The van der Waals surface area contributed by atoms with Crippen molar-refractivity contribution in [2.75, 3.05) is 6.61 Å². The average Bonchev–Trinajstić information content (AvgIpc) is 2.23. The van der Waals surface area contributed by atoms with Gasteiger partial charge in [-0.25, -0.2) is 9.97 Å². The highest BCUT2D eigenvalue weighted by Crippen LogP contribution is 2.05. The van der Waals surface area contributed by atoms with Gasteiger partial charge in [0.05, 0.1) is 18.6 Å². The molecule has 0 aromatic carbocycles. The molecule has 0 radical (unpaired) electrons. The van der Waals surface area contributed by atoms with Gasteiger partial charge in [-0.1, -0.05) is 13.3 Å². The van der Waals surface area contributed by atoms with Crippen molar-refractivity contribution in [1.82, 2.24) is 9.97 Å². The van der Waals surface area contributed by atoms with Crippen LogP contribution in [0.25, 0.3) is 6.08 Å². The molecule has 1 rings (SSSR count). The summed E-state index contributed by atoms with van der Waals surface area (Å²) in [5, 5.41) is 0. The van der Waals surface area contributed by atoms with Gasteiger partial charge in [-0.15, -0.1) is 0 Å². The lowest BCUT2D eigenvalue weighted by atomic mass is 10.2. The number of aromatic nitrogens is 2. The van der Waals surface area contributed by atoms with Gasteiger partial charge in [-0.05, 0) is 31.9 Å². The number of hydrogen-bond donors (Lipinski definition) is 0. The molecular formula is C12H18N2O. The minimum absolute atomic E-state index is 0.774. The molecule has 3 heteroatoms. The maximum absolute atomic E-state index is 5.33. The Morgan fingerprint density at radius 1 is 1.40 bits per heavy atom. The molecule has 0 spiro atoms. The van der Waals surface area contributed by atoms with E-state index >= 15 is 0 Å². The van der Waals surface area contributed by atoms with Gasteiger partial charge in [0.2, 0.25) is 0 Å². The molecule has 0 aliphatic rings. The second-order valence-corrected chi connectivity index (χ2v) is 3.51. The van der Waals surface area contributed by atoms with Gasteiger partial charge >= 0.3 is 0 Å². The predicted octanol–water partition coefficient (Wildman–Crippen LogP) is 2.88. The summed E-state index contributed by atoms with van der Waals surface area (Å²) in [6.45, 7) is 6.79. The predicted molar refractivity (Wildman–Crippen MR) is 61.4 cm³/mol. The van der Waals surface area contributed by atoms with Crippen LogP contribution >= 0.6 is 0 Å². The first-order valence-electron chi connectivity index (χ1n) is 5.32. The number of rotatable bonds is 5. The summed E-state index contributed by atoms with van der Waals surface area (Å²) in [5.74, 6) is 0.786. The van der Waals surface area contributed by atoms with Gasteiger partial charge < -0.3 is 4.74 Å². The number of nitrogens with zero attached hydrogens (tertiary/aromatic N) is 2. The van der Waals surface area contributed by atoms with Crippen molar-refractivity contribution in [2.45, 2.75) is 33.6 Å². The summed E-state index contributed by atoms with van der Waals surface area (Å²) in [6, 6.07) is 0. The Morgan fingerprint density at radius 3 is 2.93 bits per heavy atom. The highest BCUT2D eigenvalue weighted by molar-refractivity contribution is 5.46. The third-order valence-corrected chi connectivity index (χ3v) is 2.07. The maximum atomic E-state index is 5.33. The molecule has 0 N–H and O–H groups in total. The van der Waals surface area contributed by atoms with Crippen molar-refractivity contribution in [3.8, 4) is 0 Å². The topological polar surface area (TPSA) is 35.0 Å². The molecule has 0 fully saturated rings. The van der Waals surface area contributed by atoms with E-state index in [1.165, 1.54) is 0 Å². The van der Waals surface area contributed by atoms with Gasteiger partial charge in [0.15, 0.2) is 0 Å². The molecule has 82 valence electrons. The quantitative estimate of drug-likeness (QED) is 0.549. The van der Waals surface area contributed by atoms with Crippen molar-refractivity contribution in [1.29, 1.82) is 0 Å². The van der Waals surface area contributed by atoms with Crippen LogP contribution in [0.2, 0.25) is 0 Å². The zero-order valence-electron chi connectivity index (χ0n) is 9.66. The molecule has 0 amide bonds. The Kier molecular flexibility index (Phi) is 4.81. The van der Waals surface area contributed by atoms with E-state index in [2.05, 4.69) is 16.9 Å². The zero-order chi connectivity index (χ0) is 11.1. The molecule has 1 heterocycles. The first-order valence-corrected chi connectivity index (χ1v) is 5.32. The van der Waals surface area contributed by atoms with Crippen LogP contribution in [-0.4, -0.2) is 16.6 Å². The van der Waals surface area contributed by atoms with Crippen LogP contribution in [0.4, 0.5) is 0 Å². The molecule has 1 aromatic heterocycles. The number of aryl methyl sites for hydroxylation is 2. The highest BCUT2D eigenvalue weighted by Gasteiger charge is 1.96. The van der Waals surface area contributed by atoms with Crippen molar-refractivity contribution >= 4 is 6.08 Å². The van der Waals surface area contributed by atoms with Gasteiger partial charge in [-0.2, -0.15) is 0 Å². The maximum Gasteiger partial charge on any atom is 0.125 e. The second kappa shape index (κ2) is 6.17. The van der Waals surface area contributed by atoms with E-state index in [1.807, 2.05) is 26.1 Å². The summed E-state index contributed by atoms with van der Waals surface area (Å²) in [5.41, 5.74) is 2.00. The molecule has 0 saturated heterocycles.